The number of nitrogens with zero attached hydrogens (tertiary/aromatic N) is 9. The van der Waals surface area contributed by atoms with Crippen LogP contribution in [-0.2, 0) is 39.8 Å². The van der Waals surface area contributed by atoms with Crippen LogP contribution in [0.3, 0.4) is 0 Å². The van der Waals surface area contributed by atoms with E-state index in [1.807, 2.05) is 170 Å². The Kier molecular flexibility index (Phi) is 30.8. The molecule has 0 amide bonds. The van der Waals surface area contributed by atoms with Gasteiger partial charge in [0.1, 0.15) is 17.2 Å². The van der Waals surface area contributed by atoms with Gasteiger partial charge >= 0.3 is 26.4 Å². The molecule has 3 aromatic carbocycles. The summed E-state index contributed by atoms with van der Waals surface area (Å²) in [6, 6.07) is 72.7. The van der Waals surface area contributed by atoms with E-state index >= 15 is 0 Å². The maximum absolute atomic E-state index is 9.96. The van der Waals surface area contributed by atoms with Crippen molar-refractivity contribution >= 4 is 42.3 Å². The summed E-state index contributed by atoms with van der Waals surface area (Å²) >= 11 is 3.35. The molecule has 2 unspecified atom stereocenters. The van der Waals surface area contributed by atoms with Gasteiger partial charge in [0.25, 0.3) is 0 Å². The average molecular weight is 1600 g/mol. The number of pyridine rings is 9. The fourth-order valence-corrected chi connectivity index (χ4v) is 19.7. The lowest BCUT2D eigenvalue weighted by atomic mass is 10.0. The van der Waals surface area contributed by atoms with Crippen molar-refractivity contribution in [3.63, 3.8) is 0 Å². The second-order valence-corrected chi connectivity index (χ2v) is 34.5. The van der Waals surface area contributed by atoms with Crippen LogP contribution >= 0.6 is 15.9 Å². The zero-order valence-electron chi connectivity index (χ0n) is 63.8. The number of aromatic hydroxyl groups is 1. The van der Waals surface area contributed by atoms with E-state index in [1.165, 1.54) is 0 Å². The van der Waals surface area contributed by atoms with Gasteiger partial charge < -0.3 is 54.4 Å². The second kappa shape index (κ2) is 41.8. The third kappa shape index (κ3) is 22.7. The predicted octanol–water partition coefficient (Wildman–Crippen LogP) is 18.1. The number of phenols is 1. The summed E-state index contributed by atoms with van der Waals surface area (Å²) in [5.74, 6) is 1.87. The van der Waals surface area contributed by atoms with E-state index in [-0.39, 0.29) is 24.1 Å². The average Bonchev–Trinajstić information content (AvgIpc) is 1.62. The third-order valence-corrected chi connectivity index (χ3v) is 27.1. The van der Waals surface area contributed by atoms with Gasteiger partial charge in [0.15, 0.2) is 0 Å². The molecule has 2 fully saturated rings. The van der Waals surface area contributed by atoms with Crippen molar-refractivity contribution in [2.75, 3.05) is 68.4 Å². The molecule has 1 N–H and O–H groups in total. The smallest absolute Gasteiger partial charge is 0.502 e. The van der Waals surface area contributed by atoms with Crippen molar-refractivity contribution in [3.05, 3.63) is 256 Å². The van der Waals surface area contributed by atoms with Crippen molar-refractivity contribution in [3.8, 4) is 119 Å². The van der Waals surface area contributed by atoms with Crippen LogP contribution in [-0.4, -0.2) is 163 Å². The Morgan fingerprint density at radius 2 is 0.673 bits per heavy atom. The largest absolute Gasteiger partial charge is 0.508 e. The van der Waals surface area contributed by atoms with E-state index in [0.717, 1.165) is 150 Å². The zero-order chi connectivity index (χ0) is 78.3. The number of hydrogen-bond acceptors (Lipinski definition) is 21. The molecule has 0 aliphatic carbocycles. The minimum absolute atomic E-state index is 0.0738. The fourth-order valence-electron chi connectivity index (χ4n) is 12.2. The van der Waals surface area contributed by atoms with Crippen LogP contribution in [0.4, 0.5) is 4.39 Å². The van der Waals surface area contributed by atoms with Gasteiger partial charge in [-0.15, -0.1) is 0 Å². The molecule has 0 saturated carbocycles. The molecule has 0 spiro atoms. The Labute approximate surface area is 655 Å². The first-order chi connectivity index (χ1) is 54.2. The Bertz CT molecular complexity index is 4540. The van der Waals surface area contributed by atoms with E-state index in [9.17, 15) is 9.50 Å². The molecule has 0 radical (unpaired) electrons. The molecular weight excluding hydrogens is 1510 g/mol. The lowest BCUT2D eigenvalue weighted by Gasteiger charge is -2.26. The molecule has 110 heavy (non-hydrogen) atoms. The van der Waals surface area contributed by atoms with Gasteiger partial charge in [0, 0.05) is 103 Å². The number of alkyl halides is 2. The predicted molar refractivity (Wildman–Crippen MR) is 435 cm³/mol. The standard InChI is InChI=1S/C29H29N3O4Si.C27H29N3O4Si.C21H15N3O.C6H15BrO3Si.CH3F/c1-20-29-21(2)35-37(34-20,36-29)17-7-16-33-24-12-10-22(11-13-24)23-18-27(25-8-3-5-14-30-25)32-28(19-23)26-9-4-6-15-31-26;1-31-35(32-2,33-3)18-8-17-34-23-13-11-21(12-14-23)22-19-26(24-9-4-6-15-28-24)30-27(20-22)25-10-5-7-16-29-25;25-17-9-7-15(8-10-17)16-13-20(18-5-1-3-11-22-18)24-21(14-16)19-6-2-4-12-23-19;1-8-11(9-2,10-3)6-4-5-7;1-2/h3-6,8-15,18-21,29H,7,16-17H2,1-2H3;4-7,9-16,19-20H,8,17-18H2,1-3H3;1-14,25H;4-6H2,1-3H3;1H3/i;;;;1D. The number of hydrogen-bond donors (Lipinski definition) is 1. The molecule has 21 nitrogen and oxygen atoms in total. The molecule has 570 valence electrons. The molecule has 9 aromatic heterocycles. The van der Waals surface area contributed by atoms with Gasteiger partial charge in [-0.2, -0.15) is 0 Å². The van der Waals surface area contributed by atoms with E-state index in [0.29, 0.717) is 19.3 Å². The molecule has 2 atom stereocenters. The monoisotopic (exact) mass is 1600 g/mol. The summed E-state index contributed by atoms with van der Waals surface area (Å²) in [5.41, 5.74) is 15.8. The molecule has 2 aliphatic rings. The molecule has 2 saturated heterocycles. The normalized spacial score (nSPS) is 15.6. The first kappa shape index (κ1) is 81.1. The minimum Gasteiger partial charge on any atom is -0.508 e. The topological polar surface area (TPSA) is 238 Å². The van der Waals surface area contributed by atoms with Crippen molar-refractivity contribution in [1.29, 1.82) is 0 Å². The zero-order valence-corrected chi connectivity index (χ0v) is 67.4. The van der Waals surface area contributed by atoms with Crippen molar-refractivity contribution < 1.29 is 60.2 Å². The summed E-state index contributed by atoms with van der Waals surface area (Å²) in [6.07, 6.45) is 13.5. The number of phenolic OH excluding ortho intramolecular Hbond substituents is 1. The van der Waals surface area contributed by atoms with Crippen LogP contribution in [0, 0.1) is 0 Å². The van der Waals surface area contributed by atoms with Gasteiger partial charge in [-0.1, -0.05) is 88.7 Å². The summed E-state index contributed by atoms with van der Waals surface area (Å²) in [4.78, 5) is 41.2. The number of benzene rings is 3. The lowest BCUT2D eigenvalue weighted by molar-refractivity contribution is 0.0402. The first-order valence-corrected chi connectivity index (χ1v) is 42.7. The van der Waals surface area contributed by atoms with Crippen molar-refractivity contribution in [1.82, 2.24) is 44.9 Å². The van der Waals surface area contributed by atoms with Crippen molar-refractivity contribution in [2.45, 2.75) is 69.6 Å². The third-order valence-electron chi connectivity index (χ3n) is 17.9. The van der Waals surface area contributed by atoms with Gasteiger partial charge in [-0.05, 0) is 212 Å². The van der Waals surface area contributed by atoms with Gasteiger partial charge in [-0.3, -0.25) is 34.3 Å². The molecule has 2 aliphatic heterocycles. The number of halogens is 2. The molecule has 26 heteroatoms. The highest BCUT2D eigenvalue weighted by Crippen LogP contribution is 2.41. The van der Waals surface area contributed by atoms with Gasteiger partial charge in [-0.25, -0.2) is 15.0 Å². The van der Waals surface area contributed by atoms with Gasteiger partial charge in [0.05, 0.1) is 108 Å². The highest BCUT2D eigenvalue weighted by Gasteiger charge is 2.60. The fraction of sp³-hybridized carbons (Fsp3) is 0.250. The number of ether oxygens (including phenoxy) is 2. The summed E-state index contributed by atoms with van der Waals surface area (Å²) < 4.78 is 77.7. The van der Waals surface area contributed by atoms with Crippen LogP contribution in [0.15, 0.2) is 256 Å². The molecule has 14 rings (SSSR count). The molecule has 12 aromatic rings. The molecular formula is C84H91BrFN9O12Si3. The summed E-state index contributed by atoms with van der Waals surface area (Å²) in [5, 5.41) is 10.5. The summed E-state index contributed by atoms with van der Waals surface area (Å²) in [7, 11) is 1.41. The van der Waals surface area contributed by atoms with Crippen LogP contribution in [0.25, 0.3) is 102 Å². The molecule has 2 bridgehead atoms. The van der Waals surface area contributed by atoms with E-state index < -0.39 is 33.6 Å². The summed E-state index contributed by atoms with van der Waals surface area (Å²) in [6.45, 7) is 5.27. The lowest BCUT2D eigenvalue weighted by Crippen LogP contribution is -2.44. The van der Waals surface area contributed by atoms with Crippen LogP contribution in [0.1, 0.15) is 34.5 Å². The Balaban J connectivity index is 0.000000165. The Hall–Kier alpha value is -9.89. The maximum Gasteiger partial charge on any atom is 0.502 e. The van der Waals surface area contributed by atoms with Crippen LogP contribution in [0.5, 0.6) is 17.2 Å². The van der Waals surface area contributed by atoms with E-state index in [2.05, 4.69) is 96.1 Å². The Morgan fingerprint density at radius 1 is 0.391 bits per heavy atom. The SMILES string of the molecule is CC1O[Si]2(CCCOc3ccc(-c4cc(-c5ccccn5)nc(-c5ccccn5)c4)cc3)OC(C)C1O2.CO[Si](CCCBr)(OC)OC.CO[Si](CCCOc1ccc(-c2cc(-c3ccccn3)nc(-c3ccccn3)c2)cc1)(OC)OC.Oc1ccc(-c2cc(-c3ccccn3)nc(-c3ccccn3)c2)cc1.[2H]CF. The van der Waals surface area contributed by atoms with Gasteiger partial charge in [0.2, 0.25) is 0 Å². The Morgan fingerprint density at radius 3 is 0.936 bits per heavy atom. The van der Waals surface area contributed by atoms with E-state index in [4.69, 9.17) is 65.6 Å². The minimum atomic E-state index is -2.57. The number of fused-ring (bicyclic) bond motifs is 2. The highest BCUT2D eigenvalue weighted by molar-refractivity contribution is 9.09. The first-order valence-electron chi connectivity index (χ1n) is 36.5. The quantitative estimate of drug-likeness (QED) is 0.0272. The molecule has 11 heterocycles. The number of aromatic nitrogens is 9. The highest BCUT2D eigenvalue weighted by atomic mass is 79.9. The number of rotatable bonds is 28. The van der Waals surface area contributed by atoms with Crippen molar-refractivity contribution in [2.24, 2.45) is 0 Å². The maximum atomic E-state index is 9.96. The second-order valence-electron chi connectivity index (χ2n) is 25.0. The van der Waals surface area contributed by atoms with E-state index in [1.54, 1.807) is 92.0 Å². The van der Waals surface area contributed by atoms with Crippen LogP contribution in [0.2, 0.25) is 18.1 Å². The van der Waals surface area contributed by atoms with Crippen LogP contribution < -0.4 is 9.47 Å².